The molecule has 0 saturated heterocycles. The van der Waals surface area contributed by atoms with E-state index in [0.717, 1.165) is 5.56 Å². The van der Waals surface area contributed by atoms with Gasteiger partial charge in [0.1, 0.15) is 0 Å². The van der Waals surface area contributed by atoms with Crippen LogP contribution >= 0.6 is 34.8 Å². The first kappa shape index (κ1) is 21.5. The van der Waals surface area contributed by atoms with E-state index in [-0.39, 0.29) is 24.9 Å². The Morgan fingerprint density at radius 3 is 2.07 bits per heavy atom. The van der Waals surface area contributed by atoms with Crippen LogP contribution in [0.3, 0.4) is 0 Å². The molecule has 0 unspecified atom stereocenters. The highest BCUT2D eigenvalue weighted by molar-refractivity contribution is 6.39. The summed E-state index contributed by atoms with van der Waals surface area (Å²) < 4.78 is 0. The molecule has 2 aromatic rings. The van der Waals surface area contributed by atoms with Crippen molar-refractivity contribution in [1.29, 1.82) is 0 Å². The summed E-state index contributed by atoms with van der Waals surface area (Å²) in [4.78, 5) is 26.2. The van der Waals surface area contributed by atoms with Gasteiger partial charge in [-0.25, -0.2) is 0 Å². The third-order valence-corrected chi connectivity index (χ3v) is 4.90. The minimum absolute atomic E-state index is 0.0279. The molecule has 0 aliphatic rings. The summed E-state index contributed by atoms with van der Waals surface area (Å²) in [6.45, 7) is 4.36. The number of carbonyl (C=O) groups excluding carboxylic acids is 2. The molecule has 144 valence electrons. The monoisotopic (exact) mass is 427 g/mol. The van der Waals surface area contributed by atoms with Gasteiger partial charge in [0.2, 0.25) is 11.8 Å². The third kappa shape index (κ3) is 6.40. The number of nitrogens with zero attached hydrogens (tertiary/aromatic N) is 1. The van der Waals surface area contributed by atoms with Crippen molar-refractivity contribution in [2.24, 2.45) is 0 Å². The van der Waals surface area contributed by atoms with Crippen LogP contribution < -0.4 is 10.6 Å². The molecule has 0 spiro atoms. The fourth-order valence-electron chi connectivity index (χ4n) is 2.35. The molecule has 0 fully saturated rings. The summed E-state index contributed by atoms with van der Waals surface area (Å²) in [6, 6.07) is 10.3. The number of amides is 2. The molecule has 27 heavy (non-hydrogen) atoms. The topological polar surface area (TPSA) is 61.4 Å². The summed E-state index contributed by atoms with van der Waals surface area (Å²) in [6.07, 6.45) is 0. The molecule has 0 bridgehead atoms. The average Bonchev–Trinajstić information content (AvgIpc) is 2.61. The first-order valence-corrected chi connectivity index (χ1v) is 9.45. The molecular formula is C19H20Cl3N3O2. The van der Waals surface area contributed by atoms with E-state index in [1.54, 1.807) is 35.2 Å². The van der Waals surface area contributed by atoms with Gasteiger partial charge in [-0.15, -0.1) is 0 Å². The highest BCUT2D eigenvalue weighted by Crippen LogP contribution is 2.29. The van der Waals surface area contributed by atoms with Crippen molar-refractivity contribution < 1.29 is 9.59 Å². The molecule has 0 radical (unpaired) electrons. The maximum Gasteiger partial charge on any atom is 0.238 e. The lowest BCUT2D eigenvalue weighted by atomic mass is 10.2. The average molecular weight is 429 g/mol. The second-order valence-electron chi connectivity index (χ2n) is 5.96. The maximum atomic E-state index is 12.3. The van der Waals surface area contributed by atoms with Gasteiger partial charge in [0.25, 0.3) is 0 Å². The summed E-state index contributed by atoms with van der Waals surface area (Å²) in [7, 11) is 0. The number of rotatable bonds is 7. The summed E-state index contributed by atoms with van der Waals surface area (Å²) in [5.41, 5.74) is 1.90. The number of nitrogens with one attached hydrogen (secondary N) is 2. The van der Waals surface area contributed by atoms with Gasteiger partial charge in [0.05, 0.1) is 28.8 Å². The molecule has 0 saturated carbocycles. The van der Waals surface area contributed by atoms with Crippen LogP contribution in [-0.2, 0) is 9.59 Å². The van der Waals surface area contributed by atoms with E-state index in [9.17, 15) is 9.59 Å². The maximum absolute atomic E-state index is 12.3. The summed E-state index contributed by atoms with van der Waals surface area (Å²) in [5, 5.41) is 6.75. The van der Waals surface area contributed by atoms with Crippen LogP contribution in [0.4, 0.5) is 11.4 Å². The van der Waals surface area contributed by atoms with Gasteiger partial charge < -0.3 is 10.6 Å². The smallest absolute Gasteiger partial charge is 0.238 e. The Hall–Kier alpha value is -1.79. The zero-order valence-electron chi connectivity index (χ0n) is 15.0. The standard InChI is InChI=1S/C19H20Cl3N3O2/c1-3-25(10-17(26)23-13-8-7-12(2)16(22)9-13)11-18(27)24-19-14(20)5-4-6-15(19)21/h4-9H,3,10-11H2,1-2H3,(H,23,26)(H,24,27). The van der Waals surface area contributed by atoms with Crippen molar-refractivity contribution in [2.45, 2.75) is 13.8 Å². The number of halogens is 3. The third-order valence-electron chi connectivity index (χ3n) is 3.86. The van der Waals surface area contributed by atoms with Crippen LogP contribution in [0.15, 0.2) is 36.4 Å². The molecule has 0 heterocycles. The minimum atomic E-state index is -0.307. The van der Waals surface area contributed by atoms with E-state index in [2.05, 4.69) is 10.6 Å². The Balaban J connectivity index is 1.93. The fourth-order valence-corrected chi connectivity index (χ4v) is 3.03. The Morgan fingerprint density at radius 1 is 0.926 bits per heavy atom. The number of hydrogen-bond acceptors (Lipinski definition) is 3. The van der Waals surface area contributed by atoms with Crippen LogP contribution in [0.2, 0.25) is 15.1 Å². The van der Waals surface area contributed by atoms with E-state index >= 15 is 0 Å². The van der Waals surface area contributed by atoms with Gasteiger partial charge in [-0.1, -0.05) is 53.9 Å². The SMILES string of the molecule is CCN(CC(=O)Nc1ccc(C)c(Cl)c1)CC(=O)Nc1c(Cl)cccc1Cl. The Bertz CT molecular complexity index is 823. The highest BCUT2D eigenvalue weighted by atomic mass is 35.5. The van der Waals surface area contributed by atoms with Gasteiger partial charge in [-0.2, -0.15) is 0 Å². The number of benzene rings is 2. The number of anilines is 2. The molecule has 0 atom stereocenters. The Morgan fingerprint density at radius 2 is 1.52 bits per heavy atom. The molecule has 5 nitrogen and oxygen atoms in total. The normalized spacial score (nSPS) is 10.7. The second kappa shape index (κ2) is 9.95. The van der Waals surface area contributed by atoms with Crippen LogP contribution in [0.25, 0.3) is 0 Å². The number of likely N-dealkylation sites (N-methyl/N-ethyl adjacent to an activating group) is 1. The first-order valence-electron chi connectivity index (χ1n) is 8.32. The Kier molecular flexibility index (Phi) is 7.92. The molecule has 2 aromatic carbocycles. The Labute approximate surface area is 173 Å². The zero-order chi connectivity index (χ0) is 20.0. The van der Waals surface area contributed by atoms with E-state index in [0.29, 0.717) is 33.0 Å². The predicted octanol–water partition coefficient (Wildman–Crippen LogP) is 4.85. The van der Waals surface area contributed by atoms with Crippen molar-refractivity contribution in [3.63, 3.8) is 0 Å². The number of para-hydroxylation sites is 1. The molecule has 0 aromatic heterocycles. The van der Waals surface area contributed by atoms with Crippen LogP contribution in [0, 0.1) is 6.92 Å². The van der Waals surface area contributed by atoms with E-state index in [1.807, 2.05) is 19.9 Å². The molecule has 8 heteroatoms. The summed E-state index contributed by atoms with van der Waals surface area (Å²) >= 11 is 18.2. The van der Waals surface area contributed by atoms with Crippen LogP contribution in [0.5, 0.6) is 0 Å². The van der Waals surface area contributed by atoms with Crippen molar-refractivity contribution in [3.05, 3.63) is 57.0 Å². The number of carbonyl (C=O) groups is 2. The van der Waals surface area contributed by atoms with Crippen molar-refractivity contribution in [2.75, 3.05) is 30.3 Å². The lowest BCUT2D eigenvalue weighted by Gasteiger charge is -2.20. The van der Waals surface area contributed by atoms with E-state index in [4.69, 9.17) is 34.8 Å². The van der Waals surface area contributed by atoms with Gasteiger partial charge in [-0.3, -0.25) is 14.5 Å². The molecule has 2 N–H and O–H groups in total. The van der Waals surface area contributed by atoms with E-state index in [1.165, 1.54) is 0 Å². The quantitative estimate of drug-likeness (QED) is 0.662. The van der Waals surface area contributed by atoms with Gasteiger partial charge in [-0.05, 0) is 43.3 Å². The molecular weight excluding hydrogens is 409 g/mol. The predicted molar refractivity (Wildman–Crippen MR) is 112 cm³/mol. The summed E-state index contributed by atoms with van der Waals surface area (Å²) in [5.74, 6) is -0.543. The second-order valence-corrected chi connectivity index (χ2v) is 7.18. The lowest BCUT2D eigenvalue weighted by Crippen LogP contribution is -2.38. The van der Waals surface area contributed by atoms with Crippen molar-refractivity contribution >= 4 is 58.0 Å². The fraction of sp³-hybridized carbons (Fsp3) is 0.263. The molecule has 0 aliphatic carbocycles. The number of hydrogen-bond donors (Lipinski definition) is 2. The highest BCUT2D eigenvalue weighted by Gasteiger charge is 2.15. The lowest BCUT2D eigenvalue weighted by molar-refractivity contribution is -0.119. The van der Waals surface area contributed by atoms with Gasteiger partial charge >= 0.3 is 0 Å². The number of aryl methyl sites for hydroxylation is 1. The van der Waals surface area contributed by atoms with Crippen LogP contribution in [0.1, 0.15) is 12.5 Å². The van der Waals surface area contributed by atoms with Crippen LogP contribution in [-0.4, -0.2) is 36.3 Å². The van der Waals surface area contributed by atoms with Crippen molar-refractivity contribution in [1.82, 2.24) is 4.90 Å². The molecule has 2 rings (SSSR count). The first-order chi connectivity index (χ1) is 12.8. The molecule has 0 aliphatic heterocycles. The molecule has 2 amide bonds. The van der Waals surface area contributed by atoms with Gasteiger partial charge in [0.15, 0.2) is 0 Å². The van der Waals surface area contributed by atoms with E-state index < -0.39 is 0 Å². The largest absolute Gasteiger partial charge is 0.325 e. The van der Waals surface area contributed by atoms with Crippen molar-refractivity contribution in [3.8, 4) is 0 Å². The zero-order valence-corrected chi connectivity index (χ0v) is 17.3. The van der Waals surface area contributed by atoms with Gasteiger partial charge in [0, 0.05) is 10.7 Å². The minimum Gasteiger partial charge on any atom is -0.325 e.